The molecule has 0 saturated carbocycles. The van der Waals surface area contributed by atoms with Gasteiger partial charge in [-0.1, -0.05) is 25.5 Å². The summed E-state index contributed by atoms with van der Waals surface area (Å²) in [6, 6.07) is 11.5. The Morgan fingerprint density at radius 1 is 1.09 bits per heavy atom. The molecule has 2 aromatic carbocycles. The molecule has 2 rings (SSSR count). The first-order valence-electron chi connectivity index (χ1n) is 10.6. The second kappa shape index (κ2) is 12.3. The monoisotopic (exact) mass is 589 g/mol. The Morgan fingerprint density at radius 3 is 2.24 bits per heavy atom. The number of carbonyl (C=O) groups excluding carboxylic acids is 2. The van der Waals surface area contributed by atoms with Crippen LogP contribution in [-0.4, -0.2) is 50.5 Å². The van der Waals surface area contributed by atoms with Gasteiger partial charge in [-0.15, -0.1) is 0 Å². The van der Waals surface area contributed by atoms with Crippen LogP contribution in [0.3, 0.4) is 0 Å². The highest BCUT2D eigenvalue weighted by Crippen LogP contribution is 2.20. The zero-order valence-corrected chi connectivity index (χ0v) is 21.9. The molecule has 0 aliphatic carbocycles. The molecule has 0 radical (unpaired) electrons. The Hall–Kier alpha value is -2.21. The Labute approximate surface area is 208 Å². The van der Waals surface area contributed by atoms with Crippen molar-refractivity contribution in [2.24, 2.45) is 0 Å². The lowest BCUT2D eigenvalue weighted by Crippen LogP contribution is -2.51. The van der Waals surface area contributed by atoms with E-state index in [1.54, 1.807) is 31.2 Å². The minimum absolute atomic E-state index is 0.0335. The predicted octanol–water partition coefficient (Wildman–Crippen LogP) is 3.53. The van der Waals surface area contributed by atoms with Crippen molar-refractivity contribution in [1.82, 2.24) is 10.2 Å². The Kier molecular flexibility index (Phi) is 10.1. The number of rotatable bonds is 11. The molecule has 0 saturated heterocycles. The molecule has 0 aliphatic heterocycles. The van der Waals surface area contributed by atoms with Gasteiger partial charge in [0.25, 0.3) is 0 Å². The predicted molar refractivity (Wildman–Crippen MR) is 136 cm³/mol. The molecular weight excluding hydrogens is 560 g/mol. The van der Waals surface area contributed by atoms with E-state index in [0.717, 1.165) is 27.0 Å². The van der Waals surface area contributed by atoms with Crippen LogP contribution in [-0.2, 0) is 26.2 Å². The molecule has 10 heteroatoms. The Balaban J connectivity index is 2.32. The fraction of sp³-hybridized carbons (Fsp3) is 0.391. The van der Waals surface area contributed by atoms with Crippen LogP contribution in [0.15, 0.2) is 48.5 Å². The summed E-state index contributed by atoms with van der Waals surface area (Å²) >= 11 is 2.11. The summed E-state index contributed by atoms with van der Waals surface area (Å²) in [5.74, 6) is -1.29. The van der Waals surface area contributed by atoms with Crippen molar-refractivity contribution in [2.75, 3.05) is 23.7 Å². The van der Waals surface area contributed by atoms with Gasteiger partial charge in [-0.25, -0.2) is 12.8 Å². The van der Waals surface area contributed by atoms with Crippen LogP contribution in [0, 0.1) is 9.39 Å². The van der Waals surface area contributed by atoms with E-state index in [9.17, 15) is 22.4 Å². The van der Waals surface area contributed by atoms with Crippen molar-refractivity contribution in [1.29, 1.82) is 0 Å². The number of carbonyl (C=O) groups is 2. The van der Waals surface area contributed by atoms with E-state index in [1.165, 1.54) is 29.2 Å². The van der Waals surface area contributed by atoms with Crippen LogP contribution in [0.4, 0.5) is 10.1 Å². The lowest BCUT2D eigenvalue weighted by Gasteiger charge is -2.31. The van der Waals surface area contributed by atoms with Crippen molar-refractivity contribution in [3.63, 3.8) is 0 Å². The first-order valence-corrected chi connectivity index (χ1v) is 13.5. The van der Waals surface area contributed by atoms with Crippen molar-refractivity contribution in [2.45, 2.75) is 39.3 Å². The van der Waals surface area contributed by atoms with Gasteiger partial charge >= 0.3 is 0 Å². The molecule has 1 atom stereocenters. The Bertz CT molecular complexity index is 1050. The summed E-state index contributed by atoms with van der Waals surface area (Å²) in [4.78, 5) is 27.4. The molecule has 0 fully saturated rings. The lowest BCUT2D eigenvalue weighted by atomic mass is 10.1. The van der Waals surface area contributed by atoms with Crippen LogP contribution in [0.5, 0.6) is 0 Å². The molecule has 33 heavy (non-hydrogen) atoms. The maximum atomic E-state index is 13.4. The number of anilines is 1. The van der Waals surface area contributed by atoms with E-state index in [4.69, 9.17) is 0 Å². The van der Waals surface area contributed by atoms with Gasteiger partial charge in [-0.3, -0.25) is 13.9 Å². The molecule has 7 nitrogen and oxygen atoms in total. The normalized spacial score (nSPS) is 12.2. The van der Waals surface area contributed by atoms with Gasteiger partial charge in [0.2, 0.25) is 21.8 Å². The van der Waals surface area contributed by atoms with Gasteiger partial charge in [0.05, 0.1) is 11.9 Å². The van der Waals surface area contributed by atoms with Crippen molar-refractivity contribution in [3.05, 3.63) is 63.5 Å². The van der Waals surface area contributed by atoms with E-state index in [0.29, 0.717) is 17.8 Å². The van der Waals surface area contributed by atoms with E-state index in [1.807, 2.05) is 6.92 Å². The molecule has 1 N–H and O–H groups in total. The van der Waals surface area contributed by atoms with Gasteiger partial charge < -0.3 is 10.2 Å². The molecule has 0 spiro atoms. The highest BCUT2D eigenvalue weighted by Gasteiger charge is 2.30. The number of halogens is 2. The van der Waals surface area contributed by atoms with E-state index < -0.39 is 34.3 Å². The third kappa shape index (κ3) is 8.26. The standard InChI is InChI=1S/C23H29FIN3O4S/c1-4-5-14-26-23(30)17(2)27(15-18-6-8-19(24)9-7-18)22(29)16-28(33(3,31)32)21-12-10-20(25)11-13-21/h6-13,17H,4-5,14-16H2,1-3H3,(H,26,30)/t17-/m0/s1. The zero-order valence-electron chi connectivity index (χ0n) is 18.9. The third-order valence-corrected chi connectivity index (χ3v) is 6.92. The molecule has 0 aliphatic rings. The second-order valence-corrected chi connectivity index (χ2v) is 10.9. The number of amides is 2. The molecule has 0 bridgehead atoms. The van der Waals surface area contributed by atoms with E-state index >= 15 is 0 Å². The fourth-order valence-corrected chi connectivity index (χ4v) is 4.34. The topological polar surface area (TPSA) is 86.8 Å². The first kappa shape index (κ1) is 27.0. The van der Waals surface area contributed by atoms with Crippen molar-refractivity contribution in [3.8, 4) is 0 Å². The summed E-state index contributed by atoms with van der Waals surface area (Å²) < 4.78 is 40.2. The lowest BCUT2D eigenvalue weighted by molar-refractivity contribution is -0.139. The summed E-state index contributed by atoms with van der Waals surface area (Å²) in [6.07, 6.45) is 2.74. The van der Waals surface area contributed by atoms with Crippen LogP contribution >= 0.6 is 22.6 Å². The van der Waals surface area contributed by atoms with Crippen LogP contribution in [0.2, 0.25) is 0 Å². The van der Waals surface area contributed by atoms with Gasteiger partial charge in [0.1, 0.15) is 18.4 Å². The van der Waals surface area contributed by atoms with Crippen molar-refractivity contribution >= 4 is 50.1 Å². The minimum atomic E-state index is -3.77. The van der Waals surface area contributed by atoms with Gasteiger partial charge in [-0.05, 0) is 77.9 Å². The summed E-state index contributed by atoms with van der Waals surface area (Å²) in [7, 11) is -3.77. The fourth-order valence-electron chi connectivity index (χ4n) is 3.13. The second-order valence-electron chi connectivity index (χ2n) is 7.71. The molecule has 0 heterocycles. The van der Waals surface area contributed by atoms with Crippen LogP contribution in [0.1, 0.15) is 32.3 Å². The number of sulfonamides is 1. The largest absolute Gasteiger partial charge is 0.354 e. The number of unbranched alkanes of at least 4 members (excludes halogenated alkanes) is 1. The van der Waals surface area contributed by atoms with Gasteiger partial charge in [0, 0.05) is 16.7 Å². The quantitative estimate of drug-likeness (QED) is 0.321. The molecule has 0 unspecified atom stereocenters. The van der Waals surface area contributed by atoms with Crippen LogP contribution in [0.25, 0.3) is 0 Å². The highest BCUT2D eigenvalue weighted by molar-refractivity contribution is 14.1. The zero-order chi connectivity index (χ0) is 24.6. The maximum Gasteiger partial charge on any atom is 0.244 e. The maximum absolute atomic E-state index is 13.4. The van der Waals surface area contributed by atoms with Gasteiger partial charge in [-0.2, -0.15) is 0 Å². The molecule has 180 valence electrons. The average Bonchev–Trinajstić information content (AvgIpc) is 2.76. The number of hydrogen-bond donors (Lipinski definition) is 1. The van der Waals surface area contributed by atoms with Gasteiger partial charge in [0.15, 0.2) is 0 Å². The number of benzene rings is 2. The first-order chi connectivity index (χ1) is 15.5. The summed E-state index contributed by atoms with van der Waals surface area (Å²) in [5, 5.41) is 2.81. The summed E-state index contributed by atoms with van der Waals surface area (Å²) in [5.41, 5.74) is 0.978. The average molecular weight is 589 g/mol. The minimum Gasteiger partial charge on any atom is -0.354 e. The molecule has 2 amide bonds. The SMILES string of the molecule is CCCCNC(=O)[C@H](C)N(Cc1ccc(F)cc1)C(=O)CN(c1ccc(I)cc1)S(C)(=O)=O. The molecular formula is C23H29FIN3O4S. The van der Waals surface area contributed by atoms with Crippen molar-refractivity contribution < 1.29 is 22.4 Å². The number of nitrogens with zero attached hydrogens (tertiary/aromatic N) is 2. The van der Waals surface area contributed by atoms with E-state index in [-0.39, 0.29) is 12.5 Å². The molecule has 0 aromatic heterocycles. The smallest absolute Gasteiger partial charge is 0.244 e. The number of nitrogens with one attached hydrogen (secondary N) is 1. The molecule has 2 aromatic rings. The highest BCUT2D eigenvalue weighted by atomic mass is 127. The Morgan fingerprint density at radius 2 is 1.70 bits per heavy atom. The third-order valence-electron chi connectivity index (χ3n) is 5.06. The number of hydrogen-bond acceptors (Lipinski definition) is 4. The summed E-state index contributed by atoms with van der Waals surface area (Å²) in [6.45, 7) is 3.65. The van der Waals surface area contributed by atoms with Crippen LogP contribution < -0.4 is 9.62 Å². The van der Waals surface area contributed by atoms with E-state index in [2.05, 4.69) is 27.9 Å².